The monoisotopic (exact) mass is 567 g/mol. The van der Waals surface area contributed by atoms with Gasteiger partial charge in [0.05, 0.1) is 10.5 Å². The molecule has 0 heterocycles. The van der Waals surface area contributed by atoms with Gasteiger partial charge in [0.15, 0.2) is 0 Å². The number of nitro groups is 1. The van der Waals surface area contributed by atoms with Gasteiger partial charge in [-0.3, -0.25) is 10.1 Å². The maximum atomic E-state index is 13.4. The average molecular weight is 568 g/mol. The molecule has 0 unspecified atom stereocenters. The van der Waals surface area contributed by atoms with E-state index in [1.807, 2.05) is 12.1 Å². The summed E-state index contributed by atoms with van der Waals surface area (Å²) < 4.78 is 19.5. The largest absolute Gasteiger partial charge is 0.478 e. The summed E-state index contributed by atoms with van der Waals surface area (Å²) in [6.07, 6.45) is 3.21. The van der Waals surface area contributed by atoms with E-state index in [4.69, 9.17) is 4.74 Å². The van der Waals surface area contributed by atoms with Gasteiger partial charge >= 0.3 is 11.7 Å². The molecule has 0 aliphatic carbocycles. The highest BCUT2D eigenvalue weighted by Crippen LogP contribution is 2.38. The summed E-state index contributed by atoms with van der Waals surface area (Å²) in [5.74, 6) is -0.858. The molecule has 216 valence electrons. The van der Waals surface area contributed by atoms with E-state index in [-0.39, 0.29) is 33.6 Å². The first kappa shape index (κ1) is 30.2. The molecular formula is C35H34FNO5. The topological polar surface area (TPSA) is 89.7 Å². The molecule has 0 spiro atoms. The molecular weight excluding hydrogens is 533 g/mol. The van der Waals surface area contributed by atoms with Crippen LogP contribution in [0.15, 0.2) is 78.9 Å². The summed E-state index contributed by atoms with van der Waals surface area (Å²) in [4.78, 5) is 23.4. The summed E-state index contributed by atoms with van der Waals surface area (Å²) in [7, 11) is 0. The van der Waals surface area contributed by atoms with Crippen LogP contribution in [0.25, 0.3) is 23.3 Å². The average Bonchev–Trinajstić information content (AvgIpc) is 2.91. The van der Waals surface area contributed by atoms with Gasteiger partial charge in [0.1, 0.15) is 11.6 Å². The lowest BCUT2D eigenvalue weighted by atomic mass is 9.80. The van der Waals surface area contributed by atoms with Crippen molar-refractivity contribution >= 4 is 23.8 Å². The molecule has 42 heavy (non-hydrogen) atoms. The molecule has 4 aromatic rings. The van der Waals surface area contributed by atoms with Crippen molar-refractivity contribution in [2.75, 3.05) is 0 Å². The standard InChI is InChI=1S/C35H34FNO5/c1-34(2,3)26-19-27(35(4,5)6)21-29(20-26)42-32-16-8-22(17-31(32)37(40)41)7-9-25-18-24(12-15-30(25)33(38)39)23-10-13-28(36)14-11-23/h7-21H,1-6H3,(H,38,39). The summed E-state index contributed by atoms with van der Waals surface area (Å²) in [6.45, 7) is 12.6. The number of halogens is 1. The highest BCUT2D eigenvalue weighted by Gasteiger charge is 2.23. The van der Waals surface area contributed by atoms with Gasteiger partial charge in [0.2, 0.25) is 5.75 Å². The molecule has 6 nitrogen and oxygen atoms in total. The molecule has 0 aliphatic heterocycles. The molecule has 0 aromatic heterocycles. The molecule has 1 N–H and O–H groups in total. The van der Waals surface area contributed by atoms with Crippen LogP contribution in [-0.4, -0.2) is 16.0 Å². The quantitative estimate of drug-likeness (QED) is 0.136. The SMILES string of the molecule is CC(C)(C)c1cc(Oc2ccc(C=Cc3cc(-c4ccc(F)cc4)ccc3C(=O)O)cc2[N+](=O)[O-])cc(C(C)(C)C)c1. The number of aromatic carboxylic acids is 1. The lowest BCUT2D eigenvalue weighted by molar-refractivity contribution is -0.385. The second-order valence-electron chi connectivity index (χ2n) is 12.3. The van der Waals surface area contributed by atoms with Crippen LogP contribution in [0.5, 0.6) is 11.5 Å². The van der Waals surface area contributed by atoms with Crippen molar-refractivity contribution in [3.63, 3.8) is 0 Å². The Labute approximate surface area is 245 Å². The van der Waals surface area contributed by atoms with E-state index in [9.17, 15) is 24.4 Å². The van der Waals surface area contributed by atoms with Crippen molar-refractivity contribution in [3.8, 4) is 22.6 Å². The molecule has 0 amide bonds. The van der Waals surface area contributed by atoms with Crippen molar-refractivity contribution in [1.29, 1.82) is 0 Å². The predicted octanol–water partition coefficient (Wildman–Crippen LogP) is 9.66. The van der Waals surface area contributed by atoms with Gasteiger partial charge in [-0.15, -0.1) is 0 Å². The first-order valence-electron chi connectivity index (χ1n) is 13.6. The van der Waals surface area contributed by atoms with Crippen LogP contribution in [0.1, 0.15) is 74.2 Å². The number of carboxylic acid groups (broad SMARTS) is 1. The fraction of sp³-hybridized carbons (Fsp3) is 0.229. The highest BCUT2D eigenvalue weighted by molar-refractivity contribution is 5.94. The lowest BCUT2D eigenvalue weighted by Gasteiger charge is -2.26. The van der Waals surface area contributed by atoms with E-state index in [1.54, 1.807) is 48.6 Å². The fourth-order valence-electron chi connectivity index (χ4n) is 4.42. The number of nitrogens with zero attached hydrogens (tertiary/aromatic N) is 1. The fourth-order valence-corrected chi connectivity index (χ4v) is 4.42. The number of hydrogen-bond acceptors (Lipinski definition) is 4. The Kier molecular flexibility index (Phi) is 8.34. The third-order valence-electron chi connectivity index (χ3n) is 6.96. The van der Waals surface area contributed by atoms with Crippen molar-refractivity contribution in [2.24, 2.45) is 0 Å². The van der Waals surface area contributed by atoms with E-state index in [1.165, 1.54) is 24.3 Å². The molecule has 0 atom stereocenters. The lowest BCUT2D eigenvalue weighted by Crippen LogP contribution is -2.16. The minimum Gasteiger partial charge on any atom is -0.478 e. The summed E-state index contributed by atoms with van der Waals surface area (Å²) in [5.41, 5.74) is 4.01. The van der Waals surface area contributed by atoms with Crippen LogP contribution in [0, 0.1) is 15.9 Å². The van der Waals surface area contributed by atoms with Crippen molar-refractivity contribution < 1.29 is 24.0 Å². The molecule has 0 saturated carbocycles. The summed E-state index contributed by atoms with van der Waals surface area (Å²) in [5, 5.41) is 21.8. The van der Waals surface area contributed by atoms with Gasteiger partial charge in [-0.05, 0) is 86.7 Å². The van der Waals surface area contributed by atoms with Gasteiger partial charge in [-0.1, -0.05) is 84.0 Å². The van der Waals surface area contributed by atoms with E-state index >= 15 is 0 Å². The van der Waals surface area contributed by atoms with Crippen LogP contribution in [0.3, 0.4) is 0 Å². The van der Waals surface area contributed by atoms with Gasteiger partial charge in [0.25, 0.3) is 0 Å². The van der Waals surface area contributed by atoms with Crippen molar-refractivity contribution in [1.82, 2.24) is 0 Å². The zero-order valence-electron chi connectivity index (χ0n) is 24.6. The molecule has 4 rings (SSSR count). The molecule has 7 heteroatoms. The summed E-state index contributed by atoms with van der Waals surface area (Å²) >= 11 is 0. The zero-order chi connectivity index (χ0) is 30.8. The number of ether oxygens (including phenoxy) is 1. The number of rotatable bonds is 7. The Bertz CT molecular complexity index is 1640. The number of carbonyl (C=O) groups is 1. The third kappa shape index (κ3) is 7.10. The Hall–Kier alpha value is -4.78. The predicted molar refractivity (Wildman–Crippen MR) is 165 cm³/mol. The maximum Gasteiger partial charge on any atom is 0.336 e. The number of benzene rings is 4. The molecule has 0 bridgehead atoms. The molecule has 0 saturated heterocycles. The first-order valence-corrected chi connectivity index (χ1v) is 13.6. The van der Waals surface area contributed by atoms with Gasteiger partial charge in [-0.25, -0.2) is 9.18 Å². The Morgan fingerprint density at radius 3 is 1.95 bits per heavy atom. The smallest absolute Gasteiger partial charge is 0.336 e. The van der Waals surface area contributed by atoms with Crippen LogP contribution in [-0.2, 0) is 10.8 Å². The molecule has 0 fully saturated rings. The molecule has 4 aromatic carbocycles. The maximum absolute atomic E-state index is 13.4. The van der Waals surface area contributed by atoms with Crippen LogP contribution >= 0.6 is 0 Å². The number of hydrogen-bond donors (Lipinski definition) is 1. The van der Waals surface area contributed by atoms with Crippen LogP contribution in [0.4, 0.5) is 10.1 Å². The molecule has 0 aliphatic rings. The van der Waals surface area contributed by atoms with E-state index < -0.39 is 10.9 Å². The Balaban J connectivity index is 1.70. The highest BCUT2D eigenvalue weighted by atomic mass is 19.1. The minimum atomic E-state index is -1.11. The second-order valence-corrected chi connectivity index (χ2v) is 12.3. The zero-order valence-corrected chi connectivity index (χ0v) is 24.6. The number of carboxylic acids is 1. The Morgan fingerprint density at radius 1 is 0.810 bits per heavy atom. The van der Waals surface area contributed by atoms with Gasteiger partial charge in [0, 0.05) is 6.07 Å². The van der Waals surface area contributed by atoms with Crippen molar-refractivity contribution in [3.05, 3.63) is 123 Å². The van der Waals surface area contributed by atoms with Crippen molar-refractivity contribution in [2.45, 2.75) is 52.4 Å². The first-order chi connectivity index (χ1) is 19.6. The second kappa shape index (κ2) is 11.6. The third-order valence-corrected chi connectivity index (χ3v) is 6.96. The normalized spacial score (nSPS) is 12.0. The van der Waals surface area contributed by atoms with E-state index in [0.29, 0.717) is 22.4 Å². The van der Waals surface area contributed by atoms with Gasteiger partial charge in [-0.2, -0.15) is 0 Å². The Morgan fingerprint density at radius 2 is 1.40 bits per heavy atom. The van der Waals surface area contributed by atoms with E-state index in [2.05, 4.69) is 47.6 Å². The number of nitro benzene ring substituents is 1. The van der Waals surface area contributed by atoms with E-state index in [0.717, 1.165) is 16.7 Å². The van der Waals surface area contributed by atoms with Gasteiger partial charge < -0.3 is 9.84 Å². The minimum absolute atomic E-state index is 0.0694. The molecule has 0 radical (unpaired) electrons. The summed E-state index contributed by atoms with van der Waals surface area (Å²) in [6, 6.07) is 21.3. The van der Waals surface area contributed by atoms with Crippen LogP contribution < -0.4 is 4.74 Å². The van der Waals surface area contributed by atoms with Crippen LogP contribution in [0.2, 0.25) is 0 Å².